The van der Waals surface area contributed by atoms with Gasteiger partial charge in [-0.05, 0) is 10.8 Å². The van der Waals surface area contributed by atoms with E-state index in [2.05, 4.69) is 46.4 Å². The highest BCUT2D eigenvalue weighted by Crippen LogP contribution is 2.33. The monoisotopic (exact) mass is 282 g/mol. The largest absolute Gasteiger partial charge is 0.232 e. The maximum absolute atomic E-state index is 4.72. The molecule has 0 aliphatic carbocycles. The van der Waals surface area contributed by atoms with Crippen LogP contribution in [0.25, 0.3) is 43.9 Å². The predicted molar refractivity (Wildman–Crippen MR) is 87.6 cm³/mol. The molecule has 4 nitrogen and oxygen atoms in total. The molecular formula is C18H10N4. The van der Waals surface area contributed by atoms with E-state index in [1.807, 2.05) is 12.1 Å². The molecular weight excluding hydrogens is 272 g/mol. The van der Waals surface area contributed by atoms with Gasteiger partial charge in [-0.25, -0.2) is 19.9 Å². The van der Waals surface area contributed by atoms with Gasteiger partial charge in [-0.3, -0.25) is 0 Å². The first-order valence-corrected chi connectivity index (χ1v) is 7.10. The van der Waals surface area contributed by atoms with Gasteiger partial charge in [0, 0.05) is 23.2 Å². The number of nitrogens with zero attached hydrogens (tertiary/aromatic N) is 4. The second-order valence-corrected chi connectivity index (χ2v) is 5.22. The van der Waals surface area contributed by atoms with E-state index in [4.69, 9.17) is 9.97 Å². The number of rotatable bonds is 0. The number of fused-ring (bicyclic) bond motifs is 7. The minimum Gasteiger partial charge on any atom is -0.232 e. The molecule has 0 saturated carbocycles. The summed E-state index contributed by atoms with van der Waals surface area (Å²) in [5.41, 5.74) is 2.91. The quantitative estimate of drug-likeness (QED) is 0.319. The lowest BCUT2D eigenvalue weighted by atomic mass is 10.00. The van der Waals surface area contributed by atoms with Crippen LogP contribution in [0.2, 0.25) is 0 Å². The molecule has 5 rings (SSSR count). The Hall–Kier alpha value is -3.14. The Morgan fingerprint density at radius 3 is 1.36 bits per heavy atom. The molecule has 0 spiro atoms. The molecule has 4 heteroatoms. The van der Waals surface area contributed by atoms with Gasteiger partial charge in [0.2, 0.25) is 0 Å². The van der Waals surface area contributed by atoms with Gasteiger partial charge in [-0.15, -0.1) is 0 Å². The molecule has 22 heavy (non-hydrogen) atoms. The highest BCUT2D eigenvalue weighted by molar-refractivity contribution is 6.23. The summed E-state index contributed by atoms with van der Waals surface area (Å²) in [5.74, 6) is 0. The Balaban J connectivity index is 2.17. The summed E-state index contributed by atoms with van der Waals surface area (Å²) in [6, 6.07) is 16.6. The molecule has 0 N–H and O–H groups in total. The summed E-state index contributed by atoms with van der Waals surface area (Å²) < 4.78 is 0. The molecule has 0 bridgehead atoms. The molecule has 0 aliphatic rings. The standard InChI is InChI=1S/C18H10N4/c1-3-7-13-11(5-1)12-6-2-4-8-14(12)16-15(13)21-17-18(22-16)20-10-9-19-17/h1-10H. The minimum atomic E-state index is 0.579. The predicted octanol–water partition coefficient (Wildman–Crippen LogP) is 3.88. The van der Waals surface area contributed by atoms with Crippen molar-refractivity contribution in [2.45, 2.75) is 0 Å². The number of benzene rings is 3. The van der Waals surface area contributed by atoms with Crippen LogP contribution < -0.4 is 0 Å². The maximum atomic E-state index is 4.72. The van der Waals surface area contributed by atoms with Gasteiger partial charge in [0.25, 0.3) is 0 Å². The van der Waals surface area contributed by atoms with Crippen LogP contribution in [0.3, 0.4) is 0 Å². The van der Waals surface area contributed by atoms with Gasteiger partial charge in [0.15, 0.2) is 11.3 Å². The summed E-state index contributed by atoms with van der Waals surface area (Å²) in [6.45, 7) is 0. The molecule has 2 aromatic heterocycles. The van der Waals surface area contributed by atoms with Crippen molar-refractivity contribution in [2.24, 2.45) is 0 Å². The van der Waals surface area contributed by atoms with E-state index in [1.54, 1.807) is 12.4 Å². The Kier molecular flexibility index (Phi) is 2.19. The highest BCUT2D eigenvalue weighted by Gasteiger charge is 2.12. The molecule has 0 radical (unpaired) electrons. The number of hydrogen-bond donors (Lipinski definition) is 0. The van der Waals surface area contributed by atoms with Crippen LogP contribution in [0.4, 0.5) is 0 Å². The fourth-order valence-electron chi connectivity index (χ4n) is 3.02. The molecule has 3 aromatic carbocycles. The fraction of sp³-hybridized carbons (Fsp3) is 0. The molecule has 0 saturated heterocycles. The van der Waals surface area contributed by atoms with Crippen LogP contribution >= 0.6 is 0 Å². The van der Waals surface area contributed by atoms with E-state index in [0.29, 0.717) is 11.3 Å². The molecule has 0 atom stereocenters. The zero-order valence-corrected chi connectivity index (χ0v) is 11.6. The van der Waals surface area contributed by atoms with Crippen molar-refractivity contribution in [3.05, 3.63) is 60.9 Å². The lowest BCUT2D eigenvalue weighted by molar-refractivity contribution is 1.20. The summed E-state index contributed by atoms with van der Waals surface area (Å²) in [7, 11) is 0. The third-order valence-electron chi connectivity index (χ3n) is 3.97. The van der Waals surface area contributed by atoms with Crippen LogP contribution in [-0.4, -0.2) is 19.9 Å². The zero-order chi connectivity index (χ0) is 14.5. The lowest BCUT2D eigenvalue weighted by Gasteiger charge is -2.09. The third kappa shape index (κ3) is 1.46. The second kappa shape index (κ2) is 4.18. The normalized spacial score (nSPS) is 11.6. The average molecular weight is 282 g/mol. The van der Waals surface area contributed by atoms with Gasteiger partial charge >= 0.3 is 0 Å². The van der Waals surface area contributed by atoms with E-state index >= 15 is 0 Å². The van der Waals surface area contributed by atoms with Crippen molar-refractivity contribution in [2.75, 3.05) is 0 Å². The highest BCUT2D eigenvalue weighted by atomic mass is 15.0. The van der Waals surface area contributed by atoms with E-state index < -0.39 is 0 Å². The van der Waals surface area contributed by atoms with Crippen molar-refractivity contribution in [1.82, 2.24) is 19.9 Å². The number of hydrogen-bond acceptors (Lipinski definition) is 4. The molecule has 102 valence electrons. The Morgan fingerprint density at radius 1 is 0.500 bits per heavy atom. The Bertz CT molecular complexity index is 1090. The molecule has 0 fully saturated rings. The molecule has 0 unspecified atom stereocenters. The van der Waals surface area contributed by atoms with E-state index in [9.17, 15) is 0 Å². The summed E-state index contributed by atoms with van der Waals surface area (Å²) >= 11 is 0. The number of aromatic nitrogens is 4. The molecule has 0 aliphatic heterocycles. The second-order valence-electron chi connectivity index (χ2n) is 5.22. The maximum Gasteiger partial charge on any atom is 0.198 e. The minimum absolute atomic E-state index is 0.579. The molecule has 5 aromatic rings. The summed E-state index contributed by atoms with van der Waals surface area (Å²) in [5, 5.41) is 4.55. The van der Waals surface area contributed by atoms with Crippen LogP contribution in [0, 0.1) is 0 Å². The summed E-state index contributed by atoms with van der Waals surface area (Å²) in [6.07, 6.45) is 3.29. The van der Waals surface area contributed by atoms with Crippen LogP contribution in [-0.2, 0) is 0 Å². The Morgan fingerprint density at radius 2 is 0.909 bits per heavy atom. The van der Waals surface area contributed by atoms with Crippen LogP contribution in [0.1, 0.15) is 0 Å². The van der Waals surface area contributed by atoms with Crippen molar-refractivity contribution in [1.29, 1.82) is 0 Å². The summed E-state index contributed by atoms with van der Waals surface area (Å²) in [4.78, 5) is 18.0. The van der Waals surface area contributed by atoms with E-state index in [-0.39, 0.29) is 0 Å². The van der Waals surface area contributed by atoms with Gasteiger partial charge in [-0.1, -0.05) is 48.5 Å². The van der Waals surface area contributed by atoms with E-state index in [0.717, 1.165) is 21.8 Å². The topological polar surface area (TPSA) is 51.6 Å². The zero-order valence-electron chi connectivity index (χ0n) is 11.6. The smallest absolute Gasteiger partial charge is 0.198 e. The Labute approximate surface area is 125 Å². The van der Waals surface area contributed by atoms with Gasteiger partial charge in [0.1, 0.15) is 0 Å². The molecule has 2 heterocycles. The first-order chi connectivity index (χ1) is 10.9. The van der Waals surface area contributed by atoms with Crippen LogP contribution in [0.5, 0.6) is 0 Å². The SMILES string of the molecule is c1ccc2c(c1)c1ccccc1c1nc3nccnc3nc21. The molecule has 0 amide bonds. The van der Waals surface area contributed by atoms with E-state index in [1.165, 1.54) is 10.8 Å². The van der Waals surface area contributed by atoms with Gasteiger partial charge in [-0.2, -0.15) is 0 Å². The van der Waals surface area contributed by atoms with Crippen molar-refractivity contribution in [3.63, 3.8) is 0 Å². The first-order valence-electron chi connectivity index (χ1n) is 7.10. The van der Waals surface area contributed by atoms with Gasteiger partial charge in [0.05, 0.1) is 11.0 Å². The fourth-order valence-corrected chi connectivity index (χ4v) is 3.02. The average Bonchev–Trinajstić information content (AvgIpc) is 2.61. The first kappa shape index (κ1) is 11.5. The lowest BCUT2D eigenvalue weighted by Crippen LogP contribution is -1.94. The van der Waals surface area contributed by atoms with Crippen LogP contribution in [0.15, 0.2) is 60.9 Å². The van der Waals surface area contributed by atoms with Gasteiger partial charge < -0.3 is 0 Å². The van der Waals surface area contributed by atoms with Crippen molar-refractivity contribution in [3.8, 4) is 0 Å². The van der Waals surface area contributed by atoms with Crippen molar-refractivity contribution < 1.29 is 0 Å². The van der Waals surface area contributed by atoms with Crippen molar-refractivity contribution >= 4 is 43.9 Å². The third-order valence-corrected chi connectivity index (χ3v) is 3.97.